The highest BCUT2D eigenvalue weighted by atomic mass is 35.5. The maximum atomic E-state index is 11.9. The lowest BCUT2D eigenvalue weighted by atomic mass is 10.1. The van der Waals surface area contributed by atoms with Crippen LogP contribution in [0.25, 0.3) is 0 Å². The first-order valence-corrected chi connectivity index (χ1v) is 6.10. The van der Waals surface area contributed by atoms with Gasteiger partial charge >= 0.3 is 5.97 Å². The SMILES string of the molecule is Cc1cc(Cl)ccc1C(=O)NCC1(C(=O)O)CC1. The molecule has 0 aliphatic heterocycles. The second kappa shape index (κ2) is 4.61. The van der Waals surface area contributed by atoms with Crippen LogP contribution in [-0.2, 0) is 4.79 Å². The Morgan fingerprint density at radius 1 is 1.44 bits per heavy atom. The van der Waals surface area contributed by atoms with Crippen molar-refractivity contribution in [3.8, 4) is 0 Å². The van der Waals surface area contributed by atoms with Gasteiger partial charge in [0, 0.05) is 17.1 Å². The molecule has 96 valence electrons. The zero-order valence-electron chi connectivity index (χ0n) is 10.00. The van der Waals surface area contributed by atoms with Crippen LogP contribution in [0.4, 0.5) is 0 Å². The molecular formula is C13H14ClNO3. The lowest BCUT2D eigenvalue weighted by molar-refractivity contribution is -0.143. The van der Waals surface area contributed by atoms with E-state index in [4.69, 9.17) is 16.7 Å². The van der Waals surface area contributed by atoms with Crippen LogP contribution in [0, 0.1) is 12.3 Å². The average molecular weight is 268 g/mol. The van der Waals surface area contributed by atoms with Crippen molar-refractivity contribution in [3.05, 3.63) is 34.3 Å². The van der Waals surface area contributed by atoms with E-state index in [1.807, 2.05) is 0 Å². The van der Waals surface area contributed by atoms with Gasteiger partial charge in [-0.15, -0.1) is 0 Å². The smallest absolute Gasteiger partial charge is 0.311 e. The number of carboxylic acids is 1. The Bertz CT molecular complexity index is 509. The lowest BCUT2D eigenvalue weighted by Crippen LogP contribution is -2.34. The van der Waals surface area contributed by atoms with Crippen molar-refractivity contribution < 1.29 is 14.7 Å². The summed E-state index contributed by atoms with van der Waals surface area (Å²) in [4.78, 5) is 22.9. The van der Waals surface area contributed by atoms with Crippen LogP contribution in [0.15, 0.2) is 18.2 Å². The third-order valence-electron chi connectivity index (χ3n) is 3.33. The molecule has 0 aromatic heterocycles. The third-order valence-corrected chi connectivity index (χ3v) is 3.56. The second-order valence-corrected chi connectivity index (χ2v) is 5.16. The van der Waals surface area contributed by atoms with Gasteiger partial charge in [-0.1, -0.05) is 11.6 Å². The molecule has 1 aromatic carbocycles. The van der Waals surface area contributed by atoms with Crippen LogP contribution in [-0.4, -0.2) is 23.5 Å². The molecule has 0 bridgehead atoms. The predicted octanol–water partition coefficient (Wildman–Crippen LogP) is 2.24. The van der Waals surface area contributed by atoms with E-state index in [9.17, 15) is 9.59 Å². The Hall–Kier alpha value is -1.55. The van der Waals surface area contributed by atoms with E-state index < -0.39 is 11.4 Å². The van der Waals surface area contributed by atoms with E-state index in [0.29, 0.717) is 23.4 Å². The molecule has 0 saturated heterocycles. The number of carbonyl (C=O) groups excluding carboxylic acids is 1. The molecule has 1 saturated carbocycles. The molecule has 0 atom stereocenters. The monoisotopic (exact) mass is 267 g/mol. The Labute approximate surface area is 110 Å². The van der Waals surface area contributed by atoms with Gasteiger partial charge < -0.3 is 10.4 Å². The van der Waals surface area contributed by atoms with Gasteiger partial charge in [-0.05, 0) is 43.5 Å². The summed E-state index contributed by atoms with van der Waals surface area (Å²) in [6, 6.07) is 5.00. The second-order valence-electron chi connectivity index (χ2n) is 4.73. The number of rotatable bonds is 4. The molecule has 18 heavy (non-hydrogen) atoms. The minimum atomic E-state index is -0.837. The molecule has 0 heterocycles. The maximum absolute atomic E-state index is 11.9. The zero-order valence-corrected chi connectivity index (χ0v) is 10.8. The molecule has 0 radical (unpaired) electrons. The molecule has 4 nitrogen and oxygen atoms in total. The van der Waals surface area contributed by atoms with Gasteiger partial charge in [0.1, 0.15) is 0 Å². The number of benzene rings is 1. The van der Waals surface area contributed by atoms with Crippen LogP contribution in [0.5, 0.6) is 0 Å². The molecule has 0 spiro atoms. The first-order chi connectivity index (χ1) is 8.44. The van der Waals surface area contributed by atoms with E-state index in [-0.39, 0.29) is 12.5 Å². The molecule has 1 aromatic rings. The first kappa shape index (κ1) is 12.9. The summed E-state index contributed by atoms with van der Waals surface area (Å²) < 4.78 is 0. The molecular weight excluding hydrogens is 254 g/mol. The highest BCUT2D eigenvalue weighted by Crippen LogP contribution is 2.45. The minimum absolute atomic E-state index is 0.184. The van der Waals surface area contributed by atoms with Crippen molar-refractivity contribution >= 4 is 23.5 Å². The zero-order chi connectivity index (χ0) is 13.3. The molecule has 5 heteroatoms. The Balaban J connectivity index is 2.02. The Morgan fingerprint density at radius 3 is 2.61 bits per heavy atom. The summed E-state index contributed by atoms with van der Waals surface area (Å²) in [5, 5.41) is 12.3. The predicted molar refractivity (Wildman–Crippen MR) is 67.8 cm³/mol. The molecule has 1 fully saturated rings. The largest absolute Gasteiger partial charge is 0.481 e. The first-order valence-electron chi connectivity index (χ1n) is 5.72. The number of nitrogens with one attached hydrogen (secondary N) is 1. The van der Waals surface area contributed by atoms with Gasteiger partial charge in [0.15, 0.2) is 0 Å². The standard InChI is InChI=1S/C13H14ClNO3/c1-8-6-9(14)2-3-10(8)11(16)15-7-13(4-5-13)12(17)18/h2-3,6H,4-5,7H2,1H3,(H,15,16)(H,17,18). The number of carboxylic acid groups (broad SMARTS) is 1. The third kappa shape index (κ3) is 2.48. The van der Waals surface area contributed by atoms with Crippen molar-refractivity contribution in [3.63, 3.8) is 0 Å². The van der Waals surface area contributed by atoms with E-state index in [0.717, 1.165) is 5.56 Å². The van der Waals surface area contributed by atoms with Crippen LogP contribution < -0.4 is 5.32 Å². The van der Waals surface area contributed by atoms with Crippen LogP contribution in [0.3, 0.4) is 0 Å². The van der Waals surface area contributed by atoms with Gasteiger partial charge in [-0.3, -0.25) is 9.59 Å². The number of halogens is 1. The maximum Gasteiger partial charge on any atom is 0.311 e. The average Bonchev–Trinajstić information content (AvgIpc) is 3.07. The highest BCUT2D eigenvalue weighted by Gasteiger charge is 2.50. The Kier molecular flexibility index (Phi) is 3.30. The molecule has 0 unspecified atom stereocenters. The van der Waals surface area contributed by atoms with E-state index in [1.165, 1.54) is 0 Å². The summed E-state index contributed by atoms with van der Waals surface area (Å²) >= 11 is 5.81. The normalized spacial score (nSPS) is 16.1. The fraction of sp³-hybridized carbons (Fsp3) is 0.385. The molecule has 2 N–H and O–H groups in total. The van der Waals surface area contributed by atoms with Gasteiger partial charge in [-0.25, -0.2) is 0 Å². The lowest BCUT2D eigenvalue weighted by Gasteiger charge is -2.12. The van der Waals surface area contributed by atoms with E-state index in [2.05, 4.69) is 5.32 Å². The minimum Gasteiger partial charge on any atom is -0.481 e. The number of hydrogen-bond acceptors (Lipinski definition) is 2. The van der Waals surface area contributed by atoms with Crippen molar-refractivity contribution in [2.75, 3.05) is 6.54 Å². The summed E-state index contributed by atoms with van der Waals surface area (Å²) in [5.74, 6) is -1.09. The fourth-order valence-electron chi connectivity index (χ4n) is 1.84. The van der Waals surface area contributed by atoms with Crippen molar-refractivity contribution in [1.82, 2.24) is 5.32 Å². The van der Waals surface area contributed by atoms with Crippen molar-refractivity contribution in [1.29, 1.82) is 0 Å². The highest BCUT2D eigenvalue weighted by molar-refractivity contribution is 6.30. The number of carbonyl (C=O) groups is 2. The van der Waals surface area contributed by atoms with Gasteiger partial charge in [-0.2, -0.15) is 0 Å². The summed E-state index contributed by atoms with van der Waals surface area (Å²) in [6.07, 6.45) is 1.25. The number of aryl methyl sites for hydroxylation is 1. The Morgan fingerprint density at radius 2 is 2.11 bits per heavy atom. The number of amides is 1. The summed E-state index contributed by atoms with van der Waals surface area (Å²) in [5.41, 5.74) is 0.566. The molecule has 1 amide bonds. The summed E-state index contributed by atoms with van der Waals surface area (Å²) in [6.45, 7) is 1.98. The molecule has 1 aliphatic rings. The van der Waals surface area contributed by atoms with E-state index in [1.54, 1.807) is 25.1 Å². The van der Waals surface area contributed by atoms with E-state index >= 15 is 0 Å². The quantitative estimate of drug-likeness (QED) is 0.879. The number of aliphatic carboxylic acids is 1. The topological polar surface area (TPSA) is 66.4 Å². The number of hydrogen-bond donors (Lipinski definition) is 2. The molecule has 2 rings (SSSR count). The van der Waals surface area contributed by atoms with Gasteiger partial charge in [0.2, 0.25) is 0 Å². The van der Waals surface area contributed by atoms with Gasteiger partial charge in [0.25, 0.3) is 5.91 Å². The van der Waals surface area contributed by atoms with Gasteiger partial charge in [0.05, 0.1) is 5.41 Å². The van der Waals surface area contributed by atoms with Crippen LogP contribution in [0.2, 0.25) is 5.02 Å². The fourth-order valence-corrected chi connectivity index (χ4v) is 2.07. The van der Waals surface area contributed by atoms with Crippen molar-refractivity contribution in [2.45, 2.75) is 19.8 Å². The molecule has 1 aliphatic carbocycles. The van der Waals surface area contributed by atoms with Crippen LogP contribution in [0.1, 0.15) is 28.8 Å². The van der Waals surface area contributed by atoms with Crippen molar-refractivity contribution in [2.24, 2.45) is 5.41 Å². The summed E-state index contributed by atoms with van der Waals surface area (Å²) in [7, 11) is 0. The van der Waals surface area contributed by atoms with Crippen LogP contribution >= 0.6 is 11.6 Å².